The maximum atomic E-state index is 10.8. The quantitative estimate of drug-likeness (QED) is 0.411. The van der Waals surface area contributed by atoms with Crippen LogP contribution < -0.4 is 4.74 Å². The maximum Gasteiger partial charge on any atom is 0.138 e. The van der Waals surface area contributed by atoms with Gasteiger partial charge in [-0.15, -0.1) is 11.3 Å². The lowest BCUT2D eigenvalue weighted by Crippen LogP contribution is -2.50. The fraction of sp³-hybridized carbons (Fsp3) is 0.367. The fourth-order valence-electron chi connectivity index (χ4n) is 5.78. The minimum atomic E-state index is -0.528. The summed E-state index contributed by atoms with van der Waals surface area (Å²) in [7, 11) is 0. The van der Waals surface area contributed by atoms with Gasteiger partial charge in [-0.3, -0.25) is 9.80 Å². The van der Waals surface area contributed by atoms with Crippen molar-refractivity contribution in [3.63, 3.8) is 0 Å². The Balaban J connectivity index is 1.09. The molecule has 1 aliphatic heterocycles. The van der Waals surface area contributed by atoms with Crippen molar-refractivity contribution < 1.29 is 9.84 Å². The third-order valence-electron chi connectivity index (χ3n) is 7.52. The Bertz CT molecular complexity index is 1300. The van der Waals surface area contributed by atoms with E-state index < -0.39 is 6.10 Å². The molecule has 186 valence electrons. The van der Waals surface area contributed by atoms with Gasteiger partial charge in [0.15, 0.2) is 0 Å². The summed E-state index contributed by atoms with van der Waals surface area (Å²) in [6, 6.07) is 24.2. The highest BCUT2D eigenvalue weighted by Gasteiger charge is 2.31. The lowest BCUT2D eigenvalue weighted by atomic mass is 9.92. The third-order valence-corrected chi connectivity index (χ3v) is 8.52. The van der Waals surface area contributed by atoms with Gasteiger partial charge < -0.3 is 9.84 Å². The molecule has 0 spiro atoms. The monoisotopic (exact) mass is 499 g/mol. The molecule has 0 amide bonds. The van der Waals surface area contributed by atoms with Crippen LogP contribution in [0.5, 0.6) is 5.75 Å². The molecule has 6 rings (SSSR count). The smallest absolute Gasteiger partial charge is 0.138 e. The van der Waals surface area contributed by atoms with Gasteiger partial charge in [0, 0.05) is 32.7 Å². The Morgan fingerprint density at radius 1 is 0.917 bits per heavy atom. The first-order valence-electron chi connectivity index (χ1n) is 12.9. The Morgan fingerprint density at radius 2 is 1.58 bits per heavy atom. The van der Waals surface area contributed by atoms with Gasteiger partial charge in [0.05, 0.1) is 21.3 Å². The van der Waals surface area contributed by atoms with E-state index in [1.54, 1.807) is 11.3 Å². The molecule has 36 heavy (non-hydrogen) atoms. The summed E-state index contributed by atoms with van der Waals surface area (Å²) < 4.78 is 7.08. The summed E-state index contributed by atoms with van der Waals surface area (Å²) in [4.78, 5) is 9.54. The number of hydrogen-bond donors (Lipinski definition) is 1. The molecule has 1 atom stereocenters. The minimum absolute atomic E-state index is 0.291. The minimum Gasteiger partial charge on any atom is -0.489 e. The van der Waals surface area contributed by atoms with Crippen molar-refractivity contribution in [1.82, 2.24) is 14.8 Å². The van der Waals surface area contributed by atoms with E-state index in [0.717, 1.165) is 60.0 Å². The molecule has 1 aliphatic carbocycles. The number of aliphatic hydroxyl groups is 1. The molecule has 1 fully saturated rings. The number of aromatic nitrogens is 1. The molecule has 4 aromatic rings. The van der Waals surface area contributed by atoms with Crippen LogP contribution in [-0.2, 0) is 12.8 Å². The van der Waals surface area contributed by atoms with Crippen LogP contribution in [-0.4, -0.2) is 65.3 Å². The van der Waals surface area contributed by atoms with Crippen LogP contribution in [0.2, 0.25) is 0 Å². The zero-order valence-electron chi connectivity index (χ0n) is 20.8. The zero-order valence-corrected chi connectivity index (χ0v) is 21.6. The van der Waals surface area contributed by atoms with Gasteiger partial charge in [0.1, 0.15) is 18.5 Å². The van der Waals surface area contributed by atoms with E-state index in [4.69, 9.17) is 4.74 Å². The van der Waals surface area contributed by atoms with Crippen LogP contribution in [0.3, 0.4) is 0 Å². The molecular weight excluding hydrogens is 466 g/mol. The first-order chi connectivity index (χ1) is 17.7. The molecule has 0 saturated carbocycles. The van der Waals surface area contributed by atoms with Crippen molar-refractivity contribution >= 4 is 21.6 Å². The first-order valence-corrected chi connectivity index (χ1v) is 13.8. The van der Waals surface area contributed by atoms with E-state index in [2.05, 4.69) is 63.3 Å². The summed E-state index contributed by atoms with van der Waals surface area (Å²) in [6.07, 6.45) is 1.68. The highest BCUT2D eigenvalue weighted by Crippen LogP contribution is 2.37. The lowest BCUT2D eigenvalue weighted by molar-refractivity contribution is 0.0404. The number of thiazole rings is 1. The maximum absolute atomic E-state index is 10.8. The molecule has 3 aromatic carbocycles. The Hall–Kier alpha value is -2.77. The molecule has 5 nitrogen and oxygen atoms in total. The number of benzene rings is 3. The molecule has 2 aliphatic rings. The number of β-amino-alcohol motifs (C(OH)–C–C–N with tert-alkyl or cyclic N) is 1. The molecule has 0 bridgehead atoms. The van der Waals surface area contributed by atoms with Gasteiger partial charge in [0.2, 0.25) is 0 Å². The predicted molar refractivity (Wildman–Crippen MR) is 146 cm³/mol. The average molecular weight is 500 g/mol. The molecule has 6 heteroatoms. The second-order valence-electron chi connectivity index (χ2n) is 9.94. The Morgan fingerprint density at radius 3 is 2.28 bits per heavy atom. The number of rotatable bonds is 6. The highest BCUT2D eigenvalue weighted by atomic mass is 32.1. The molecule has 2 heterocycles. The molecule has 1 unspecified atom stereocenters. The van der Waals surface area contributed by atoms with Crippen molar-refractivity contribution in [1.29, 1.82) is 0 Å². The Kier molecular flexibility index (Phi) is 6.76. The third kappa shape index (κ3) is 4.78. The second kappa shape index (κ2) is 10.3. The van der Waals surface area contributed by atoms with E-state index in [1.165, 1.54) is 22.3 Å². The summed E-state index contributed by atoms with van der Waals surface area (Å²) in [6.45, 7) is 6.79. The fourth-order valence-corrected chi connectivity index (χ4v) is 6.66. The van der Waals surface area contributed by atoms with Gasteiger partial charge >= 0.3 is 0 Å². The number of hydrogen-bond acceptors (Lipinski definition) is 6. The van der Waals surface area contributed by atoms with Crippen LogP contribution in [0.15, 0.2) is 66.7 Å². The number of aryl methyl sites for hydroxylation is 3. The van der Waals surface area contributed by atoms with E-state index in [1.807, 2.05) is 25.1 Å². The number of nitrogens with zero attached hydrogens (tertiary/aromatic N) is 3. The van der Waals surface area contributed by atoms with Crippen LogP contribution >= 0.6 is 11.3 Å². The van der Waals surface area contributed by atoms with Crippen molar-refractivity contribution in [2.45, 2.75) is 31.9 Å². The highest BCUT2D eigenvalue weighted by molar-refractivity contribution is 7.18. The van der Waals surface area contributed by atoms with Gasteiger partial charge in [-0.25, -0.2) is 4.98 Å². The molecule has 0 radical (unpaired) electrons. The van der Waals surface area contributed by atoms with Crippen LogP contribution in [0, 0.1) is 6.92 Å². The van der Waals surface area contributed by atoms with E-state index in [0.29, 0.717) is 19.2 Å². The zero-order chi connectivity index (χ0) is 24.5. The average Bonchev–Trinajstić information content (AvgIpc) is 3.20. The standard InChI is InChI=1S/C30H33N3O2S/c1-21-31-27-11-6-12-28(30(27)36-21)35-20-24(34)19-32-15-17-33(18-16-32)29-25-9-4-2-7-22(25)13-14-23-8-3-5-10-26(23)29/h2-12,24,29,34H,13-20H2,1H3. The molecule has 1 aromatic heterocycles. The normalized spacial score (nSPS) is 17.9. The van der Waals surface area contributed by atoms with Crippen molar-refractivity contribution in [2.75, 3.05) is 39.3 Å². The van der Waals surface area contributed by atoms with E-state index >= 15 is 0 Å². The molecule has 1 saturated heterocycles. The number of ether oxygens (including phenoxy) is 1. The summed E-state index contributed by atoms with van der Waals surface area (Å²) in [5.41, 5.74) is 6.82. The van der Waals surface area contributed by atoms with Gasteiger partial charge in [0.25, 0.3) is 0 Å². The van der Waals surface area contributed by atoms with Crippen molar-refractivity contribution in [2.24, 2.45) is 0 Å². The van der Waals surface area contributed by atoms with Gasteiger partial charge in [-0.1, -0.05) is 54.6 Å². The second-order valence-corrected chi connectivity index (χ2v) is 11.1. The van der Waals surface area contributed by atoms with Crippen LogP contribution in [0.1, 0.15) is 33.3 Å². The van der Waals surface area contributed by atoms with Gasteiger partial charge in [-0.2, -0.15) is 0 Å². The molecule has 1 N–H and O–H groups in total. The van der Waals surface area contributed by atoms with E-state index in [-0.39, 0.29) is 0 Å². The topological polar surface area (TPSA) is 48.8 Å². The van der Waals surface area contributed by atoms with Crippen molar-refractivity contribution in [3.8, 4) is 5.75 Å². The Labute approximate surface area is 217 Å². The number of piperazine rings is 1. The first kappa shape index (κ1) is 23.6. The number of fused-ring (bicyclic) bond motifs is 3. The van der Waals surface area contributed by atoms with E-state index in [9.17, 15) is 5.11 Å². The molecular formula is C30H33N3O2S. The van der Waals surface area contributed by atoms with Gasteiger partial charge in [-0.05, 0) is 54.2 Å². The predicted octanol–water partition coefficient (Wildman–Crippen LogP) is 4.85. The lowest BCUT2D eigenvalue weighted by Gasteiger charge is -2.40. The summed E-state index contributed by atoms with van der Waals surface area (Å²) in [5.74, 6) is 0.813. The summed E-state index contributed by atoms with van der Waals surface area (Å²) in [5, 5.41) is 11.8. The summed E-state index contributed by atoms with van der Waals surface area (Å²) >= 11 is 1.64. The SMILES string of the molecule is Cc1nc2cccc(OCC(O)CN3CCN(C4c5ccccc5CCc5ccccc54)CC3)c2s1. The van der Waals surface area contributed by atoms with Crippen LogP contribution in [0.4, 0.5) is 0 Å². The largest absolute Gasteiger partial charge is 0.489 e. The van der Waals surface area contributed by atoms with Crippen LogP contribution in [0.25, 0.3) is 10.2 Å². The van der Waals surface area contributed by atoms with Crippen molar-refractivity contribution in [3.05, 3.63) is 94.0 Å². The number of aliphatic hydroxyl groups excluding tert-OH is 1.